The molecule has 0 aliphatic rings. The number of aliphatic hydroxyl groups is 1. The number of allylic oxidation sites excluding steroid dienone is 2. The Balaban J connectivity index is 0.000000241. The number of hydrogen-bond donors (Lipinski definition) is 2. The summed E-state index contributed by atoms with van der Waals surface area (Å²) in [6.07, 6.45) is 1.29. The zero-order valence-electron chi connectivity index (χ0n) is 77.1. The molecule has 0 aliphatic heterocycles. The molecular formula is C107H74F12Ir2N18O4Pt3-2. The molecule has 0 fully saturated rings. The van der Waals surface area contributed by atoms with Gasteiger partial charge in [0.2, 0.25) is 0 Å². The second-order valence-corrected chi connectivity index (χ2v) is 31.6. The van der Waals surface area contributed by atoms with Gasteiger partial charge in [-0.1, -0.05) is 156 Å². The molecule has 750 valence electrons. The Hall–Kier alpha value is -14.5. The van der Waals surface area contributed by atoms with Crippen molar-refractivity contribution in [3.63, 3.8) is 0 Å². The number of pyridine rings is 11. The molecule has 0 saturated carbocycles. The van der Waals surface area contributed by atoms with E-state index in [0.29, 0.717) is 39.7 Å². The molecule has 13 aromatic heterocycles. The Morgan fingerprint density at radius 3 is 1.36 bits per heavy atom. The summed E-state index contributed by atoms with van der Waals surface area (Å²) < 4.78 is 159. The predicted molar refractivity (Wildman–Crippen MR) is 498 cm³/mol. The fraction of sp³-hybridized carbons (Fsp3) is 0.121. The van der Waals surface area contributed by atoms with Crippen LogP contribution in [-0.2, 0) is 137 Å². The van der Waals surface area contributed by atoms with Crippen LogP contribution in [0.1, 0.15) is 117 Å². The summed E-state index contributed by atoms with van der Waals surface area (Å²) in [6.45, 7) is 21.4. The van der Waals surface area contributed by atoms with Crippen LogP contribution in [0.2, 0.25) is 0 Å². The zero-order chi connectivity index (χ0) is 101. The molecule has 22 nitrogen and oxygen atoms in total. The minimum atomic E-state index is -4.70. The van der Waals surface area contributed by atoms with Crippen LogP contribution in [0.5, 0.6) is 0 Å². The molecule has 0 aliphatic carbocycles. The Morgan fingerprint density at radius 2 is 0.911 bits per heavy atom. The van der Waals surface area contributed by atoms with E-state index in [1.807, 2.05) is 98.9 Å². The Labute approximate surface area is 900 Å². The van der Waals surface area contributed by atoms with E-state index in [-0.39, 0.29) is 160 Å². The maximum Gasteiger partial charge on any atom is 2.00 e. The number of nitrogens with zero attached hydrogens (tertiary/aromatic N) is 18. The Kier molecular flexibility index (Phi) is 43.8. The molecule has 18 aromatic rings. The van der Waals surface area contributed by atoms with Gasteiger partial charge in [-0.15, -0.1) is 120 Å². The SMILES string of the molecule is CC(=O)C=C(C)O.CC(C)(c1cccc(-c2[c-]cc(F)nc2F)n1)c1cccc(-n2[c-]cc(C(F)(F)F)n2)n1.CC(C)(c1cccc(-c2[c-]cc(F)nc2F)n1)c1cccc(-n2[c-]nc(C(F)(F)F)n2)n1.Fc1c[c-]c(-c2ccccn2)c(F)c1.O=C(O)c1ccccn1.[C-]#[N+]c1cc[c-]c(-c2cccc(C(C)(C)c3cccc(-c4[c-]ccc(C#N)c4)n3)n2)c1.[Ir].[Ir].[Pt+2].[Pt+2].[Pt+2].[c-]1ccccc1-c1nccc2ccccc12. The van der Waals surface area contributed by atoms with E-state index in [2.05, 4.69) is 146 Å². The molecule has 146 heavy (non-hydrogen) atoms. The number of alkyl halides is 6. The second kappa shape index (κ2) is 53.9. The van der Waals surface area contributed by atoms with E-state index in [1.165, 1.54) is 67.2 Å². The third-order valence-electron chi connectivity index (χ3n) is 20.4. The van der Waals surface area contributed by atoms with Crippen LogP contribution in [0.15, 0.2) is 297 Å². The number of aromatic carboxylic acids is 1. The summed E-state index contributed by atoms with van der Waals surface area (Å²) in [5, 5.41) is 35.1. The van der Waals surface area contributed by atoms with Gasteiger partial charge in [0.05, 0.1) is 35.7 Å². The Bertz CT molecular complexity index is 7290. The number of fused-ring (bicyclic) bond motifs is 1. The number of nitriles is 1. The summed E-state index contributed by atoms with van der Waals surface area (Å²) >= 11 is 0. The average Bonchev–Trinajstić information content (AvgIpc) is 1.72. The molecule has 2 radical (unpaired) electrons. The first-order chi connectivity index (χ1) is 67.3. The van der Waals surface area contributed by atoms with Gasteiger partial charge in [-0.2, -0.15) is 37.7 Å². The molecule has 13 heterocycles. The third kappa shape index (κ3) is 31.8. The van der Waals surface area contributed by atoms with Crippen LogP contribution in [0.3, 0.4) is 0 Å². The monoisotopic (exact) mass is 2870 g/mol. The summed E-state index contributed by atoms with van der Waals surface area (Å²) in [5.74, 6) is -7.52. The summed E-state index contributed by atoms with van der Waals surface area (Å²) in [4.78, 5) is 72.6. The number of carbonyl (C=O) groups excluding carboxylic acids is 1. The fourth-order valence-electron chi connectivity index (χ4n) is 13.2. The van der Waals surface area contributed by atoms with Gasteiger partial charge in [-0.3, -0.25) is 43.5 Å². The van der Waals surface area contributed by atoms with Crippen LogP contribution < -0.4 is 0 Å². The maximum atomic E-state index is 14.1. The van der Waals surface area contributed by atoms with E-state index in [9.17, 15) is 67.5 Å². The van der Waals surface area contributed by atoms with Crippen LogP contribution in [-0.4, -0.2) is 101 Å². The molecule has 2 N–H and O–H groups in total. The van der Waals surface area contributed by atoms with Crippen molar-refractivity contribution >= 4 is 28.2 Å². The van der Waals surface area contributed by atoms with Gasteiger partial charge in [0.25, 0.3) is 0 Å². The van der Waals surface area contributed by atoms with Crippen LogP contribution >= 0.6 is 0 Å². The Morgan fingerprint density at radius 1 is 0.438 bits per heavy atom. The van der Waals surface area contributed by atoms with Gasteiger partial charge in [0.15, 0.2) is 11.6 Å². The molecule has 0 spiro atoms. The first kappa shape index (κ1) is 118. The van der Waals surface area contributed by atoms with Crippen molar-refractivity contribution in [2.75, 3.05) is 0 Å². The van der Waals surface area contributed by atoms with Crippen LogP contribution in [0.25, 0.3) is 94.8 Å². The number of carboxylic acid groups (broad SMARTS) is 1. The van der Waals surface area contributed by atoms with E-state index in [4.69, 9.17) is 26.8 Å². The number of aliphatic hydroxyl groups excluding tert-OH is 1. The fourth-order valence-corrected chi connectivity index (χ4v) is 13.2. The van der Waals surface area contributed by atoms with Gasteiger partial charge < -0.3 is 54.5 Å². The van der Waals surface area contributed by atoms with Crippen molar-refractivity contribution in [1.29, 1.82) is 5.26 Å². The number of hydrogen-bond acceptors (Lipinski definition) is 18. The van der Waals surface area contributed by atoms with Gasteiger partial charge in [0.1, 0.15) is 35.2 Å². The number of halogens is 12. The minimum Gasteiger partial charge on any atom is -0.512 e. The minimum absolute atomic E-state index is 0. The quantitative estimate of drug-likeness (QED) is 0.0299. The standard InChI is InChI=1S/C27H18N4.C22H14F5N5.C21H13F5N6.C15H10N.C11H6F2N.C6H5NO2.C5H8O2.2Ir.3Pt/c1-27(2,25-14-6-12-23(30-25)20-9-4-8-19(16-20)18-28)26-15-7-13-24(31-26)21-10-5-11-22(17-21)29-3;1-21(2,15-6-3-5-14(28-15)13-9-10-18(23)30-20(13)24)16-7-4-8-19(29-16)32-12-11-17(31-32)22(25,26)27;1-20(2,14-6-3-5-13(28-14)12-9-10-16(22)30-18(12)23)15-7-4-8-17(29-15)32-11-27-19(31-32)21(24,25)26;1-2-7-13(8-3-1)15-14-9-5-4-6-12(14)10-11-16-15;12-8-4-5-9(10(13)7-8)11-3-1-2-6-14-11;8-6(9)5-3-1-2-4-7-5;1-4(6)3-5(2)7;;;;;/h4-8,11-17H,1-2H3;3-8,10-11H,1-2H3;3-8,10H,1-2H3;1-7,9-11H;1-4,6-7H;1-4H,(H,8,9);3,6H,1-2H3;;;;;/q3*-2;2*-1;;;;;3*+2. The number of carbonyl (C=O) groups is 2. The molecular weight excluding hydrogens is 2800 g/mol. The topological polar surface area (TPSA) is 293 Å². The zero-order valence-corrected chi connectivity index (χ0v) is 88.7. The molecule has 0 bridgehead atoms. The van der Waals surface area contributed by atoms with Crippen molar-refractivity contribution in [2.45, 2.75) is 84.0 Å². The number of aromatic nitrogens is 16. The second-order valence-electron chi connectivity index (χ2n) is 31.6. The number of rotatable bonds is 16. The largest absolute Gasteiger partial charge is 2.00 e. The molecule has 18 rings (SSSR count). The van der Waals surface area contributed by atoms with E-state index < -0.39 is 81.5 Å². The molecule has 5 aromatic carbocycles. The number of ketones is 1. The third-order valence-corrected chi connectivity index (χ3v) is 20.4. The van der Waals surface area contributed by atoms with E-state index >= 15 is 0 Å². The molecule has 0 amide bonds. The number of benzene rings is 5. The van der Waals surface area contributed by atoms with Crippen molar-refractivity contribution in [2.24, 2.45) is 0 Å². The van der Waals surface area contributed by atoms with Crippen molar-refractivity contribution in [1.82, 2.24) is 79.4 Å². The van der Waals surface area contributed by atoms with Gasteiger partial charge >= 0.3 is 81.5 Å². The van der Waals surface area contributed by atoms with Crippen molar-refractivity contribution in [3.05, 3.63) is 450 Å². The predicted octanol–water partition coefficient (Wildman–Crippen LogP) is 23.8. The first-order valence-corrected chi connectivity index (χ1v) is 42.0. The number of carboxylic acids is 1. The van der Waals surface area contributed by atoms with Crippen molar-refractivity contribution in [3.8, 4) is 85.2 Å². The molecule has 0 atom stereocenters. The first-order valence-electron chi connectivity index (χ1n) is 42.0. The van der Waals surface area contributed by atoms with Crippen LogP contribution in [0, 0.1) is 102 Å². The van der Waals surface area contributed by atoms with Crippen molar-refractivity contribution < 1.29 is 176 Å². The molecule has 39 heteroatoms. The summed E-state index contributed by atoms with van der Waals surface area (Å²) in [6, 6.07) is 93.3. The normalized spacial score (nSPS) is 10.9. The average molecular weight is 2870 g/mol. The summed E-state index contributed by atoms with van der Waals surface area (Å²) in [7, 11) is 0. The smallest absolute Gasteiger partial charge is 0.512 e. The molecule has 0 saturated heterocycles. The van der Waals surface area contributed by atoms with Gasteiger partial charge in [-0.05, 0) is 167 Å². The van der Waals surface area contributed by atoms with E-state index in [1.54, 1.807) is 135 Å². The van der Waals surface area contributed by atoms with Crippen LogP contribution in [0.4, 0.5) is 58.4 Å². The van der Waals surface area contributed by atoms with Gasteiger partial charge in [0, 0.05) is 133 Å². The molecule has 0 unspecified atom stereocenters. The summed E-state index contributed by atoms with van der Waals surface area (Å²) in [5.41, 5.74) is 7.65. The maximum absolute atomic E-state index is 14.1. The van der Waals surface area contributed by atoms with Gasteiger partial charge in [-0.25, -0.2) is 32.4 Å². The van der Waals surface area contributed by atoms with E-state index in [0.717, 1.165) is 84.9 Å².